The number of hydrogen-bond donors (Lipinski definition) is 2. The van der Waals surface area contributed by atoms with Crippen LogP contribution in [0, 0.1) is 0 Å². The van der Waals surface area contributed by atoms with Gasteiger partial charge in [-0.25, -0.2) is 4.79 Å². The lowest BCUT2D eigenvalue weighted by atomic mass is 10.2. The first-order valence-corrected chi connectivity index (χ1v) is 7.72. The van der Waals surface area contributed by atoms with Gasteiger partial charge in [0, 0.05) is 24.7 Å². The number of benzene rings is 1. The Bertz CT molecular complexity index is 469. The van der Waals surface area contributed by atoms with Crippen LogP contribution in [-0.4, -0.2) is 30.9 Å². The monoisotopic (exact) mass is 308 g/mol. The largest absolute Gasteiger partial charge is 0.494 e. The van der Waals surface area contributed by atoms with E-state index in [0.29, 0.717) is 19.7 Å². The zero-order valence-corrected chi connectivity index (χ0v) is 14.2. The fourth-order valence-electron chi connectivity index (χ4n) is 1.85. The first-order valence-electron chi connectivity index (χ1n) is 7.72. The van der Waals surface area contributed by atoms with Crippen LogP contribution in [-0.2, 0) is 11.3 Å². The maximum absolute atomic E-state index is 11.6. The van der Waals surface area contributed by atoms with Crippen LogP contribution >= 0.6 is 0 Å². The Morgan fingerprint density at radius 1 is 1.27 bits per heavy atom. The predicted octanol–water partition coefficient (Wildman–Crippen LogP) is 3.09. The number of hydrogen-bond acceptors (Lipinski definition) is 4. The molecule has 2 N–H and O–H groups in total. The second kappa shape index (κ2) is 8.63. The second-order valence-electron chi connectivity index (χ2n) is 6.21. The van der Waals surface area contributed by atoms with Gasteiger partial charge in [-0.15, -0.1) is 0 Å². The van der Waals surface area contributed by atoms with E-state index in [4.69, 9.17) is 9.47 Å². The zero-order valence-electron chi connectivity index (χ0n) is 14.2. The average Bonchev–Trinajstić information content (AvgIpc) is 2.43. The summed E-state index contributed by atoms with van der Waals surface area (Å²) >= 11 is 0. The summed E-state index contributed by atoms with van der Waals surface area (Å²) in [5, 5.41) is 6.13. The van der Waals surface area contributed by atoms with Crippen molar-refractivity contribution in [3.8, 4) is 5.75 Å². The number of ether oxygens (including phenoxy) is 2. The van der Waals surface area contributed by atoms with Crippen molar-refractivity contribution in [2.24, 2.45) is 0 Å². The highest BCUT2D eigenvalue weighted by atomic mass is 16.6. The van der Waals surface area contributed by atoms with Crippen molar-refractivity contribution in [2.75, 3.05) is 13.2 Å². The van der Waals surface area contributed by atoms with Crippen LogP contribution in [0.4, 0.5) is 4.79 Å². The van der Waals surface area contributed by atoms with Gasteiger partial charge in [0.25, 0.3) is 0 Å². The molecule has 0 heterocycles. The molecule has 124 valence electrons. The van der Waals surface area contributed by atoms with Gasteiger partial charge in [0.2, 0.25) is 0 Å². The van der Waals surface area contributed by atoms with E-state index in [-0.39, 0.29) is 6.04 Å². The van der Waals surface area contributed by atoms with Crippen molar-refractivity contribution < 1.29 is 14.3 Å². The van der Waals surface area contributed by atoms with Gasteiger partial charge in [-0.05, 0) is 40.7 Å². The molecule has 0 saturated heterocycles. The SMILES string of the molecule is CCOc1ccccc1CNC(C)CNC(=O)OC(C)(C)C. The molecular formula is C17H28N2O3. The molecule has 0 aliphatic rings. The molecule has 0 spiro atoms. The first-order chi connectivity index (χ1) is 10.3. The molecule has 0 aliphatic heterocycles. The Balaban J connectivity index is 2.37. The van der Waals surface area contributed by atoms with Gasteiger partial charge in [0.05, 0.1) is 6.61 Å². The number of carbonyl (C=O) groups excluding carboxylic acids is 1. The van der Waals surface area contributed by atoms with Crippen molar-refractivity contribution >= 4 is 6.09 Å². The summed E-state index contributed by atoms with van der Waals surface area (Å²) in [6.45, 7) is 11.4. The summed E-state index contributed by atoms with van der Waals surface area (Å²) in [5.74, 6) is 0.893. The molecule has 1 aromatic rings. The van der Waals surface area contributed by atoms with Crippen LogP contribution in [0.1, 0.15) is 40.2 Å². The van der Waals surface area contributed by atoms with Crippen molar-refractivity contribution in [1.82, 2.24) is 10.6 Å². The number of amides is 1. The second-order valence-corrected chi connectivity index (χ2v) is 6.21. The maximum atomic E-state index is 11.6. The summed E-state index contributed by atoms with van der Waals surface area (Å²) in [6.07, 6.45) is -0.393. The quantitative estimate of drug-likeness (QED) is 0.812. The van der Waals surface area contributed by atoms with Gasteiger partial charge >= 0.3 is 6.09 Å². The van der Waals surface area contributed by atoms with Crippen LogP contribution in [0.25, 0.3) is 0 Å². The number of rotatable bonds is 7. The normalized spacial score (nSPS) is 12.6. The minimum Gasteiger partial charge on any atom is -0.494 e. The molecule has 0 fully saturated rings. The molecule has 0 radical (unpaired) electrons. The summed E-state index contributed by atoms with van der Waals surface area (Å²) < 4.78 is 10.8. The summed E-state index contributed by atoms with van der Waals surface area (Å²) in [7, 11) is 0. The van der Waals surface area contributed by atoms with Gasteiger partial charge in [0.15, 0.2) is 0 Å². The highest BCUT2D eigenvalue weighted by Gasteiger charge is 2.16. The van der Waals surface area contributed by atoms with Crippen LogP contribution in [0.5, 0.6) is 5.75 Å². The minimum atomic E-state index is -0.475. The number of alkyl carbamates (subject to hydrolysis) is 1. The molecule has 0 aromatic heterocycles. The molecule has 1 amide bonds. The van der Waals surface area contributed by atoms with E-state index in [9.17, 15) is 4.79 Å². The van der Waals surface area contributed by atoms with Gasteiger partial charge in [0.1, 0.15) is 11.4 Å². The number of para-hydroxylation sites is 1. The lowest BCUT2D eigenvalue weighted by Gasteiger charge is -2.21. The van der Waals surface area contributed by atoms with Crippen LogP contribution in [0.2, 0.25) is 0 Å². The number of carbonyl (C=O) groups is 1. The Morgan fingerprint density at radius 2 is 1.95 bits per heavy atom. The fourth-order valence-corrected chi connectivity index (χ4v) is 1.85. The highest BCUT2D eigenvalue weighted by molar-refractivity contribution is 5.67. The summed E-state index contributed by atoms with van der Waals surface area (Å²) in [5.41, 5.74) is 0.630. The third-order valence-corrected chi connectivity index (χ3v) is 2.86. The third kappa shape index (κ3) is 7.31. The molecular weight excluding hydrogens is 280 g/mol. The Morgan fingerprint density at radius 3 is 2.59 bits per heavy atom. The van der Waals surface area contributed by atoms with E-state index in [1.807, 2.05) is 58.9 Å². The van der Waals surface area contributed by atoms with Gasteiger partial charge in [-0.1, -0.05) is 18.2 Å². The van der Waals surface area contributed by atoms with Crippen LogP contribution in [0.3, 0.4) is 0 Å². The van der Waals surface area contributed by atoms with Crippen molar-refractivity contribution in [3.63, 3.8) is 0 Å². The van der Waals surface area contributed by atoms with Gasteiger partial charge in [-0.3, -0.25) is 0 Å². The van der Waals surface area contributed by atoms with E-state index in [2.05, 4.69) is 10.6 Å². The van der Waals surface area contributed by atoms with Crippen molar-refractivity contribution in [3.05, 3.63) is 29.8 Å². The van der Waals surface area contributed by atoms with E-state index < -0.39 is 11.7 Å². The standard InChI is InChI=1S/C17H28N2O3/c1-6-21-15-10-8-7-9-14(15)12-18-13(2)11-19-16(20)22-17(3,4)5/h7-10,13,18H,6,11-12H2,1-5H3,(H,19,20). The molecule has 5 heteroatoms. The van der Waals surface area contributed by atoms with Crippen molar-refractivity contribution in [1.29, 1.82) is 0 Å². The van der Waals surface area contributed by atoms with Gasteiger partial charge < -0.3 is 20.1 Å². The minimum absolute atomic E-state index is 0.127. The Hall–Kier alpha value is -1.75. The Labute approximate surface area is 133 Å². The lowest BCUT2D eigenvalue weighted by Crippen LogP contribution is -2.41. The lowest BCUT2D eigenvalue weighted by molar-refractivity contribution is 0.0523. The molecule has 1 atom stereocenters. The van der Waals surface area contributed by atoms with E-state index in [1.54, 1.807) is 0 Å². The molecule has 5 nitrogen and oxygen atoms in total. The van der Waals surface area contributed by atoms with E-state index in [0.717, 1.165) is 11.3 Å². The fraction of sp³-hybridized carbons (Fsp3) is 0.588. The van der Waals surface area contributed by atoms with Gasteiger partial charge in [-0.2, -0.15) is 0 Å². The molecule has 1 rings (SSSR count). The number of nitrogens with one attached hydrogen (secondary N) is 2. The molecule has 0 bridgehead atoms. The average molecular weight is 308 g/mol. The van der Waals surface area contributed by atoms with E-state index in [1.165, 1.54) is 0 Å². The van der Waals surface area contributed by atoms with E-state index >= 15 is 0 Å². The molecule has 1 aromatic carbocycles. The maximum Gasteiger partial charge on any atom is 0.407 e. The zero-order chi connectivity index (χ0) is 16.6. The molecule has 0 aliphatic carbocycles. The molecule has 0 saturated carbocycles. The van der Waals surface area contributed by atoms with Crippen LogP contribution in [0.15, 0.2) is 24.3 Å². The third-order valence-electron chi connectivity index (χ3n) is 2.86. The molecule has 22 heavy (non-hydrogen) atoms. The first kappa shape index (κ1) is 18.3. The molecule has 1 unspecified atom stereocenters. The topological polar surface area (TPSA) is 59.6 Å². The van der Waals surface area contributed by atoms with Crippen LogP contribution < -0.4 is 15.4 Å². The highest BCUT2D eigenvalue weighted by Crippen LogP contribution is 2.17. The van der Waals surface area contributed by atoms with Crippen molar-refractivity contribution in [2.45, 2.75) is 52.8 Å². The summed E-state index contributed by atoms with van der Waals surface area (Å²) in [4.78, 5) is 11.6. The Kier molecular flexibility index (Phi) is 7.18. The smallest absolute Gasteiger partial charge is 0.407 e. The predicted molar refractivity (Wildman–Crippen MR) is 88.1 cm³/mol. The summed E-state index contributed by atoms with van der Waals surface area (Å²) in [6, 6.07) is 8.07.